The topological polar surface area (TPSA) is 100.0 Å². The van der Waals surface area contributed by atoms with Gasteiger partial charge in [0, 0.05) is 42.1 Å². The molecular formula is C22H15F6N3O6. The van der Waals surface area contributed by atoms with Gasteiger partial charge >= 0.3 is 24.3 Å². The lowest BCUT2D eigenvalue weighted by Gasteiger charge is -2.29. The van der Waals surface area contributed by atoms with Crippen LogP contribution in [0.25, 0.3) is 22.0 Å². The fourth-order valence-electron chi connectivity index (χ4n) is 3.59. The monoisotopic (exact) mass is 531 g/mol. The van der Waals surface area contributed by atoms with E-state index in [2.05, 4.69) is 14.6 Å². The molecule has 0 aliphatic carbocycles. The molecule has 1 aliphatic heterocycles. The van der Waals surface area contributed by atoms with E-state index in [1.807, 2.05) is 0 Å². The largest absolute Gasteiger partial charge is 0.493 e. The normalized spacial score (nSPS) is 14.5. The molecule has 0 unspecified atom stereocenters. The number of aromatic nitrogens is 2. The molecule has 0 N–H and O–H groups in total. The number of carbonyl (C=O) groups is 2. The Morgan fingerprint density at radius 2 is 1.51 bits per heavy atom. The van der Waals surface area contributed by atoms with Crippen LogP contribution in [-0.4, -0.2) is 60.3 Å². The predicted octanol–water partition coefficient (Wildman–Crippen LogP) is 2.89. The molecule has 2 aromatic heterocycles. The molecular weight excluding hydrogens is 516 g/mol. The third kappa shape index (κ3) is 5.35. The standard InChI is InChI=1S/C22H15F6N3O6/c23-21(24,25)19(33)36-17-14-2-1-13(30-7-9-35-10-8-30)11-15(14)18(32)31(37-20(34)22(26,27)28)16(17)12-3-5-29-6-4-12/h1-6,11H,7-10H2. The number of alkyl halides is 6. The summed E-state index contributed by atoms with van der Waals surface area (Å²) in [6.45, 7) is 1.43. The smallest absolute Gasteiger partial charge is 0.417 e. The number of carbonyl (C=O) groups excluding carboxylic acids is 2. The van der Waals surface area contributed by atoms with E-state index in [0.717, 1.165) is 24.5 Å². The van der Waals surface area contributed by atoms with Crippen molar-refractivity contribution in [3.05, 3.63) is 53.1 Å². The molecule has 15 heteroatoms. The Balaban J connectivity index is 2.04. The molecule has 3 heterocycles. The first kappa shape index (κ1) is 25.9. The number of pyridine rings is 2. The Morgan fingerprint density at radius 3 is 2.11 bits per heavy atom. The van der Waals surface area contributed by atoms with Gasteiger partial charge < -0.3 is 19.2 Å². The Morgan fingerprint density at radius 1 is 0.892 bits per heavy atom. The van der Waals surface area contributed by atoms with E-state index in [9.17, 15) is 40.7 Å². The minimum atomic E-state index is -5.57. The number of fused-ring (bicyclic) bond motifs is 1. The number of benzene rings is 1. The number of ether oxygens (including phenoxy) is 2. The molecule has 9 nitrogen and oxygen atoms in total. The molecule has 1 fully saturated rings. The van der Waals surface area contributed by atoms with E-state index < -0.39 is 46.7 Å². The molecule has 0 saturated carbocycles. The van der Waals surface area contributed by atoms with Crippen LogP contribution in [0.5, 0.6) is 5.75 Å². The molecule has 0 atom stereocenters. The predicted molar refractivity (Wildman–Crippen MR) is 114 cm³/mol. The maximum Gasteiger partial charge on any atom is 0.493 e. The van der Waals surface area contributed by atoms with Gasteiger partial charge in [0.05, 0.1) is 18.6 Å². The number of anilines is 1. The second-order valence-electron chi connectivity index (χ2n) is 7.61. The van der Waals surface area contributed by atoms with Crippen molar-refractivity contribution in [3.8, 4) is 17.0 Å². The van der Waals surface area contributed by atoms with Crippen LogP contribution in [0.15, 0.2) is 47.5 Å². The van der Waals surface area contributed by atoms with Gasteiger partial charge in [-0.25, -0.2) is 9.59 Å². The van der Waals surface area contributed by atoms with Crippen molar-refractivity contribution in [2.24, 2.45) is 0 Å². The van der Waals surface area contributed by atoms with Crippen molar-refractivity contribution >= 4 is 28.4 Å². The van der Waals surface area contributed by atoms with Gasteiger partial charge in [0.15, 0.2) is 5.75 Å². The van der Waals surface area contributed by atoms with Crippen LogP contribution in [0, 0.1) is 0 Å². The van der Waals surface area contributed by atoms with Crippen molar-refractivity contribution in [1.82, 2.24) is 9.71 Å². The first-order chi connectivity index (χ1) is 17.4. The lowest BCUT2D eigenvalue weighted by Crippen LogP contribution is -2.40. The summed E-state index contributed by atoms with van der Waals surface area (Å²) >= 11 is 0. The van der Waals surface area contributed by atoms with Gasteiger partial charge in [0.2, 0.25) is 0 Å². The second kappa shape index (κ2) is 9.72. The summed E-state index contributed by atoms with van der Waals surface area (Å²) in [5.41, 5.74) is -2.01. The average Bonchev–Trinajstić information content (AvgIpc) is 2.86. The van der Waals surface area contributed by atoms with Gasteiger partial charge in [0.25, 0.3) is 5.56 Å². The van der Waals surface area contributed by atoms with Gasteiger partial charge in [-0.05, 0) is 30.3 Å². The minimum absolute atomic E-state index is 0.143. The maximum atomic E-state index is 13.4. The molecule has 0 spiro atoms. The van der Waals surface area contributed by atoms with Gasteiger partial charge in [-0.1, -0.05) is 0 Å². The zero-order valence-corrected chi connectivity index (χ0v) is 18.4. The fraction of sp³-hybridized carbons (Fsp3) is 0.273. The van der Waals surface area contributed by atoms with Crippen LogP contribution in [0.3, 0.4) is 0 Å². The molecule has 1 saturated heterocycles. The summed E-state index contributed by atoms with van der Waals surface area (Å²) < 4.78 is 88.1. The van der Waals surface area contributed by atoms with E-state index in [1.165, 1.54) is 18.2 Å². The van der Waals surface area contributed by atoms with Crippen LogP contribution in [0.4, 0.5) is 32.0 Å². The van der Waals surface area contributed by atoms with Crippen LogP contribution in [0.2, 0.25) is 0 Å². The molecule has 1 aliphatic rings. The fourth-order valence-corrected chi connectivity index (χ4v) is 3.59. The Hall–Kier alpha value is -4.14. The molecule has 196 valence electrons. The highest BCUT2D eigenvalue weighted by atomic mass is 19.4. The van der Waals surface area contributed by atoms with Crippen molar-refractivity contribution in [3.63, 3.8) is 0 Å². The van der Waals surface area contributed by atoms with Crippen molar-refractivity contribution in [2.45, 2.75) is 12.4 Å². The highest BCUT2D eigenvalue weighted by Gasteiger charge is 2.44. The van der Waals surface area contributed by atoms with Gasteiger partial charge in [-0.15, -0.1) is 4.73 Å². The zero-order valence-electron chi connectivity index (χ0n) is 18.4. The van der Waals surface area contributed by atoms with Gasteiger partial charge in [-0.2, -0.15) is 26.3 Å². The lowest BCUT2D eigenvalue weighted by atomic mass is 10.0. The van der Waals surface area contributed by atoms with Crippen LogP contribution in [0.1, 0.15) is 0 Å². The molecule has 0 amide bonds. The number of halogens is 6. The summed E-state index contributed by atoms with van der Waals surface area (Å²) in [5, 5.41) is -0.813. The number of esters is 1. The SMILES string of the molecule is O=C(Oc1c(-c2ccncc2)n(OC(=O)C(F)(F)F)c(=O)c2cc(N3CCOCC3)ccc12)C(F)(F)F. The minimum Gasteiger partial charge on any atom is -0.417 e. The maximum absolute atomic E-state index is 13.4. The first-order valence-electron chi connectivity index (χ1n) is 10.4. The number of nitrogens with zero attached hydrogens (tertiary/aromatic N) is 3. The lowest BCUT2D eigenvalue weighted by molar-refractivity contribution is -0.200. The number of hydrogen-bond donors (Lipinski definition) is 0. The quantitative estimate of drug-likeness (QED) is 0.375. The Labute approximate surface area is 202 Å². The molecule has 0 radical (unpaired) electrons. The highest BCUT2D eigenvalue weighted by Crippen LogP contribution is 2.38. The Bertz CT molecular complexity index is 1400. The van der Waals surface area contributed by atoms with Crippen LogP contribution >= 0.6 is 0 Å². The zero-order chi connectivity index (χ0) is 27.0. The second-order valence-corrected chi connectivity index (χ2v) is 7.61. The number of hydrogen-bond acceptors (Lipinski definition) is 8. The summed E-state index contributed by atoms with van der Waals surface area (Å²) in [6.07, 6.45) is -8.85. The number of morpholine rings is 1. The molecule has 3 aromatic rings. The molecule has 37 heavy (non-hydrogen) atoms. The average molecular weight is 531 g/mol. The van der Waals surface area contributed by atoms with E-state index >= 15 is 0 Å². The van der Waals surface area contributed by atoms with E-state index in [1.54, 1.807) is 4.90 Å². The van der Waals surface area contributed by atoms with Gasteiger partial charge in [0.1, 0.15) is 5.69 Å². The summed E-state index contributed by atoms with van der Waals surface area (Å²) in [4.78, 5) is 46.6. The van der Waals surface area contributed by atoms with Crippen molar-refractivity contribution < 1.29 is 50.2 Å². The van der Waals surface area contributed by atoms with E-state index in [0.29, 0.717) is 32.0 Å². The molecule has 1 aromatic carbocycles. The Kier molecular flexibility index (Phi) is 6.82. The summed E-state index contributed by atoms with van der Waals surface area (Å²) in [7, 11) is 0. The highest BCUT2D eigenvalue weighted by molar-refractivity contribution is 5.97. The number of rotatable bonds is 4. The van der Waals surface area contributed by atoms with Crippen LogP contribution < -0.4 is 20.0 Å². The third-order valence-electron chi connectivity index (χ3n) is 5.24. The van der Waals surface area contributed by atoms with Crippen LogP contribution in [-0.2, 0) is 14.3 Å². The third-order valence-corrected chi connectivity index (χ3v) is 5.24. The molecule has 4 rings (SSSR count). The van der Waals surface area contributed by atoms with E-state index in [4.69, 9.17) is 4.74 Å². The summed E-state index contributed by atoms with van der Waals surface area (Å²) in [5.74, 6) is -6.50. The van der Waals surface area contributed by atoms with Crippen molar-refractivity contribution in [2.75, 3.05) is 31.2 Å². The summed E-state index contributed by atoms with van der Waals surface area (Å²) in [6, 6.07) is 6.00. The van der Waals surface area contributed by atoms with Gasteiger partial charge in [-0.3, -0.25) is 9.78 Å². The first-order valence-corrected chi connectivity index (χ1v) is 10.4. The molecule has 0 bridgehead atoms. The van der Waals surface area contributed by atoms with Crippen molar-refractivity contribution in [1.29, 1.82) is 0 Å². The van der Waals surface area contributed by atoms with E-state index in [-0.39, 0.29) is 15.7 Å².